The van der Waals surface area contributed by atoms with E-state index in [0.29, 0.717) is 12.0 Å². The molecular weight excluding hydrogens is 465 g/mol. The summed E-state index contributed by atoms with van der Waals surface area (Å²) in [5.41, 5.74) is 0. The van der Waals surface area contributed by atoms with Gasteiger partial charge in [0.05, 0.1) is 6.54 Å². The lowest BCUT2D eigenvalue weighted by molar-refractivity contribution is 0.166. The molecule has 1 aromatic rings. The highest BCUT2D eigenvalue weighted by Gasteiger charge is 2.22. The number of nitrogens with one attached hydrogen (secondary N) is 2. The summed E-state index contributed by atoms with van der Waals surface area (Å²) in [5.74, 6) is 2.54. The largest absolute Gasteiger partial charge is 0.357 e. The maximum Gasteiger partial charge on any atom is 0.191 e. The van der Waals surface area contributed by atoms with Gasteiger partial charge in [0.25, 0.3) is 0 Å². The highest BCUT2D eigenvalue weighted by molar-refractivity contribution is 14.0. The van der Waals surface area contributed by atoms with Gasteiger partial charge in [0.2, 0.25) is 0 Å². The minimum absolute atomic E-state index is 0. The van der Waals surface area contributed by atoms with Gasteiger partial charge in [0, 0.05) is 32.1 Å². The molecule has 0 radical (unpaired) electrons. The van der Waals surface area contributed by atoms with Crippen LogP contribution in [-0.4, -0.2) is 64.4 Å². The molecule has 2 heterocycles. The van der Waals surface area contributed by atoms with Crippen LogP contribution < -0.4 is 10.6 Å². The summed E-state index contributed by atoms with van der Waals surface area (Å²) in [6.07, 6.45) is 8.10. The van der Waals surface area contributed by atoms with Crippen molar-refractivity contribution in [2.75, 3.05) is 32.7 Å². The molecule has 162 valence electrons. The average molecular weight is 505 g/mol. The fraction of sp³-hybridized carbons (Fsp3) is 0.850. The topological polar surface area (TPSA) is 70.4 Å². The van der Waals surface area contributed by atoms with Crippen molar-refractivity contribution in [3.05, 3.63) is 12.2 Å². The third kappa shape index (κ3) is 8.23. The zero-order chi connectivity index (χ0) is 19.5. The van der Waals surface area contributed by atoms with E-state index in [2.05, 4.69) is 58.0 Å². The van der Waals surface area contributed by atoms with Gasteiger partial charge >= 0.3 is 0 Å². The first-order valence-electron chi connectivity index (χ1n) is 10.8. The molecule has 0 aromatic carbocycles. The van der Waals surface area contributed by atoms with Crippen LogP contribution in [0, 0.1) is 5.92 Å². The summed E-state index contributed by atoms with van der Waals surface area (Å²) in [5, 5.41) is 15.0. The molecule has 1 saturated heterocycles. The Morgan fingerprint density at radius 2 is 1.86 bits per heavy atom. The van der Waals surface area contributed by atoms with Crippen molar-refractivity contribution < 1.29 is 0 Å². The van der Waals surface area contributed by atoms with Crippen molar-refractivity contribution in [2.45, 2.75) is 72.4 Å². The first kappa shape index (κ1) is 25.1. The Kier molecular flexibility index (Phi) is 12.7. The summed E-state index contributed by atoms with van der Waals surface area (Å²) < 4.78 is 2.10. The third-order valence-corrected chi connectivity index (χ3v) is 5.32. The number of hydrogen-bond donors (Lipinski definition) is 2. The Bertz CT molecular complexity index is 551. The Balaban J connectivity index is 0.00000392. The van der Waals surface area contributed by atoms with Gasteiger partial charge in [-0.3, -0.25) is 9.89 Å². The maximum atomic E-state index is 4.91. The fourth-order valence-electron chi connectivity index (χ4n) is 3.74. The van der Waals surface area contributed by atoms with Gasteiger partial charge in [-0.25, -0.2) is 0 Å². The number of aryl methyl sites for hydroxylation is 1. The van der Waals surface area contributed by atoms with Crippen LogP contribution in [0.4, 0.5) is 0 Å². The van der Waals surface area contributed by atoms with E-state index in [1.54, 1.807) is 6.33 Å². The van der Waals surface area contributed by atoms with Crippen LogP contribution in [0.5, 0.6) is 0 Å². The number of hydrogen-bond acceptors (Lipinski definition) is 4. The number of likely N-dealkylation sites (tertiary alicyclic amines) is 1. The third-order valence-electron chi connectivity index (χ3n) is 5.32. The van der Waals surface area contributed by atoms with E-state index in [-0.39, 0.29) is 24.0 Å². The van der Waals surface area contributed by atoms with E-state index in [1.807, 2.05) is 0 Å². The lowest BCUT2D eigenvalue weighted by Gasteiger charge is -2.32. The normalized spacial score (nSPS) is 17.1. The van der Waals surface area contributed by atoms with Crippen molar-refractivity contribution >= 4 is 29.9 Å². The molecule has 28 heavy (non-hydrogen) atoms. The van der Waals surface area contributed by atoms with Gasteiger partial charge in [0.15, 0.2) is 5.96 Å². The smallest absolute Gasteiger partial charge is 0.191 e. The second kappa shape index (κ2) is 14.1. The standard InChI is InChI=1S/C20H39N7.HI/c1-5-19-25-24-16-27(19)14-11-22-20(21-6-2)23-15-18(17(3)4)26-12-9-7-8-10-13-26;/h16-18H,5-15H2,1-4H3,(H2,21,22,23);1H. The number of halogens is 1. The molecule has 1 aliphatic rings. The number of guanidine groups is 1. The first-order valence-corrected chi connectivity index (χ1v) is 10.8. The SMILES string of the molecule is CCNC(=NCC(C(C)C)N1CCCCCC1)NCCn1cnnc1CC.I. The molecule has 1 atom stereocenters. The van der Waals surface area contributed by atoms with Crippen molar-refractivity contribution in [1.29, 1.82) is 0 Å². The number of rotatable bonds is 9. The molecule has 2 rings (SSSR count). The highest BCUT2D eigenvalue weighted by atomic mass is 127. The van der Waals surface area contributed by atoms with E-state index in [9.17, 15) is 0 Å². The van der Waals surface area contributed by atoms with E-state index < -0.39 is 0 Å². The predicted molar refractivity (Wildman–Crippen MR) is 127 cm³/mol. The van der Waals surface area contributed by atoms with E-state index in [1.165, 1.54) is 38.8 Å². The van der Waals surface area contributed by atoms with Crippen LogP contribution in [0.25, 0.3) is 0 Å². The van der Waals surface area contributed by atoms with E-state index >= 15 is 0 Å². The van der Waals surface area contributed by atoms with Gasteiger partial charge in [-0.15, -0.1) is 34.2 Å². The monoisotopic (exact) mass is 505 g/mol. The molecule has 0 bridgehead atoms. The van der Waals surface area contributed by atoms with Crippen molar-refractivity contribution in [3.8, 4) is 0 Å². The predicted octanol–water partition coefficient (Wildman–Crippen LogP) is 2.91. The maximum absolute atomic E-state index is 4.91. The van der Waals surface area contributed by atoms with Crippen LogP contribution in [0.1, 0.15) is 59.2 Å². The van der Waals surface area contributed by atoms with Gasteiger partial charge in [0.1, 0.15) is 12.2 Å². The second-order valence-corrected chi connectivity index (χ2v) is 7.70. The summed E-state index contributed by atoms with van der Waals surface area (Å²) in [6, 6.07) is 0.517. The minimum Gasteiger partial charge on any atom is -0.357 e. The number of aliphatic imine (C=N–C) groups is 1. The van der Waals surface area contributed by atoms with Crippen LogP contribution in [0.2, 0.25) is 0 Å². The molecule has 0 spiro atoms. The molecule has 2 N–H and O–H groups in total. The Hall–Kier alpha value is -0.900. The molecular formula is C20H40IN7. The van der Waals surface area contributed by atoms with Gasteiger partial charge in [-0.1, -0.05) is 33.6 Å². The molecule has 0 amide bonds. The average Bonchev–Trinajstić information content (AvgIpc) is 2.94. The Morgan fingerprint density at radius 3 is 2.46 bits per heavy atom. The fourth-order valence-corrected chi connectivity index (χ4v) is 3.74. The zero-order valence-electron chi connectivity index (χ0n) is 18.2. The highest BCUT2D eigenvalue weighted by Crippen LogP contribution is 2.17. The number of aromatic nitrogens is 3. The summed E-state index contributed by atoms with van der Waals surface area (Å²) in [6.45, 7) is 14.7. The zero-order valence-corrected chi connectivity index (χ0v) is 20.5. The quantitative estimate of drug-likeness (QED) is 0.307. The lowest BCUT2D eigenvalue weighted by atomic mass is 10.0. The molecule has 8 heteroatoms. The molecule has 1 aliphatic heterocycles. The van der Waals surface area contributed by atoms with Gasteiger partial charge < -0.3 is 15.2 Å². The molecule has 0 saturated carbocycles. The van der Waals surface area contributed by atoms with Crippen molar-refractivity contribution in [1.82, 2.24) is 30.3 Å². The van der Waals surface area contributed by atoms with Gasteiger partial charge in [-0.05, 0) is 38.8 Å². The van der Waals surface area contributed by atoms with Crippen LogP contribution in [-0.2, 0) is 13.0 Å². The summed E-state index contributed by atoms with van der Waals surface area (Å²) in [7, 11) is 0. The molecule has 7 nitrogen and oxygen atoms in total. The number of nitrogens with zero attached hydrogens (tertiary/aromatic N) is 5. The van der Waals surface area contributed by atoms with Gasteiger partial charge in [-0.2, -0.15) is 0 Å². The molecule has 1 fully saturated rings. The molecule has 0 aliphatic carbocycles. The van der Waals surface area contributed by atoms with Crippen molar-refractivity contribution in [3.63, 3.8) is 0 Å². The summed E-state index contributed by atoms with van der Waals surface area (Å²) in [4.78, 5) is 7.58. The molecule has 1 aromatic heterocycles. The first-order chi connectivity index (χ1) is 13.2. The van der Waals surface area contributed by atoms with Crippen LogP contribution in [0.15, 0.2) is 11.3 Å². The van der Waals surface area contributed by atoms with E-state index in [0.717, 1.165) is 44.4 Å². The lowest BCUT2D eigenvalue weighted by Crippen LogP contribution is -2.44. The Morgan fingerprint density at radius 1 is 1.14 bits per heavy atom. The van der Waals surface area contributed by atoms with Crippen LogP contribution >= 0.6 is 24.0 Å². The minimum atomic E-state index is 0. The second-order valence-electron chi connectivity index (χ2n) is 7.70. The van der Waals surface area contributed by atoms with Crippen LogP contribution in [0.3, 0.4) is 0 Å². The summed E-state index contributed by atoms with van der Waals surface area (Å²) >= 11 is 0. The van der Waals surface area contributed by atoms with E-state index in [4.69, 9.17) is 4.99 Å². The molecule has 1 unspecified atom stereocenters. The Labute approximate surface area is 188 Å². The van der Waals surface area contributed by atoms with Crippen molar-refractivity contribution in [2.24, 2.45) is 10.9 Å².